The number of benzene rings is 1. The van der Waals surface area contributed by atoms with Crippen LogP contribution < -0.4 is 10.2 Å². The number of nitrogens with one attached hydrogen (secondary N) is 1. The largest absolute Gasteiger partial charge is 0.378 e. The third-order valence-corrected chi connectivity index (χ3v) is 6.23. The molecule has 4 rings (SSSR count). The lowest BCUT2D eigenvalue weighted by atomic mass is 10.1. The molecule has 1 saturated heterocycles. The molecular formula is C19H19N3O2S2. The molecule has 7 heteroatoms. The van der Waals surface area contributed by atoms with Crippen molar-refractivity contribution in [3.8, 4) is 11.1 Å². The molecule has 3 heterocycles. The zero-order valence-electron chi connectivity index (χ0n) is 14.4. The van der Waals surface area contributed by atoms with Crippen molar-refractivity contribution in [2.45, 2.75) is 6.92 Å². The van der Waals surface area contributed by atoms with Crippen LogP contribution in [0.3, 0.4) is 0 Å². The molecule has 1 fully saturated rings. The number of nitrogens with zero attached hydrogens (tertiary/aromatic N) is 2. The number of carbonyl (C=O) groups excluding carboxylic acids is 1. The molecule has 0 bridgehead atoms. The molecule has 1 aliphatic heterocycles. The van der Waals surface area contributed by atoms with Crippen molar-refractivity contribution in [3.05, 3.63) is 52.3 Å². The normalized spacial score (nSPS) is 14.4. The third-order valence-electron chi connectivity index (χ3n) is 4.16. The second kappa shape index (κ2) is 7.57. The summed E-state index contributed by atoms with van der Waals surface area (Å²) in [6.07, 6.45) is 0. The first-order chi connectivity index (χ1) is 12.7. The van der Waals surface area contributed by atoms with Gasteiger partial charge in [0.1, 0.15) is 0 Å². The smallest absolute Gasteiger partial charge is 0.267 e. The molecule has 3 aromatic rings. The topological polar surface area (TPSA) is 54.5 Å². The van der Waals surface area contributed by atoms with E-state index in [0.717, 1.165) is 34.9 Å². The first-order valence-corrected chi connectivity index (χ1v) is 10.2. The van der Waals surface area contributed by atoms with Crippen LogP contribution in [0.4, 0.5) is 10.1 Å². The molecular weight excluding hydrogens is 366 g/mol. The number of hydrogen-bond donors (Lipinski definition) is 1. The second-order valence-electron chi connectivity index (χ2n) is 6.04. The first-order valence-electron chi connectivity index (χ1n) is 8.46. The Kier molecular flexibility index (Phi) is 5.01. The molecule has 134 valence electrons. The minimum atomic E-state index is -0.110. The summed E-state index contributed by atoms with van der Waals surface area (Å²) in [5, 5.41) is 6.60. The Hall–Kier alpha value is -2.22. The van der Waals surface area contributed by atoms with Crippen molar-refractivity contribution < 1.29 is 9.53 Å². The molecule has 5 nitrogen and oxygen atoms in total. The van der Waals surface area contributed by atoms with E-state index < -0.39 is 0 Å². The predicted octanol–water partition coefficient (Wildman–Crippen LogP) is 4.27. The quantitative estimate of drug-likeness (QED) is 0.729. The summed E-state index contributed by atoms with van der Waals surface area (Å²) >= 11 is 2.97. The third kappa shape index (κ3) is 3.65. The fourth-order valence-electron chi connectivity index (χ4n) is 2.89. The SMILES string of the molecule is Cc1csc(NC(=O)c2cc(-c3ccccc3)c(N3CCOCC3)s2)n1. The summed E-state index contributed by atoms with van der Waals surface area (Å²) in [6, 6.07) is 12.2. The van der Waals surface area contributed by atoms with Gasteiger partial charge >= 0.3 is 0 Å². The number of hydrogen-bond acceptors (Lipinski definition) is 6. The fourth-order valence-corrected chi connectivity index (χ4v) is 4.70. The highest BCUT2D eigenvalue weighted by molar-refractivity contribution is 7.19. The number of carbonyl (C=O) groups is 1. The van der Waals surface area contributed by atoms with E-state index in [1.54, 1.807) is 0 Å². The molecule has 0 radical (unpaired) electrons. The van der Waals surface area contributed by atoms with Crippen molar-refractivity contribution >= 4 is 38.7 Å². The highest BCUT2D eigenvalue weighted by Gasteiger charge is 2.22. The van der Waals surface area contributed by atoms with Crippen molar-refractivity contribution in [1.29, 1.82) is 0 Å². The minimum Gasteiger partial charge on any atom is -0.378 e. The molecule has 1 N–H and O–H groups in total. The number of thiophene rings is 1. The molecule has 26 heavy (non-hydrogen) atoms. The summed E-state index contributed by atoms with van der Waals surface area (Å²) in [7, 11) is 0. The Morgan fingerprint density at radius 3 is 2.69 bits per heavy atom. The summed E-state index contributed by atoms with van der Waals surface area (Å²) in [4.78, 5) is 20.0. The standard InChI is InChI=1S/C19H19N3O2S2/c1-13-12-25-19(20-13)21-17(23)16-11-15(14-5-3-2-4-6-14)18(26-16)22-7-9-24-10-8-22/h2-6,11-12H,7-10H2,1H3,(H,20,21,23). The maximum absolute atomic E-state index is 12.7. The van der Waals surface area contributed by atoms with Gasteiger partial charge in [-0.05, 0) is 18.6 Å². The summed E-state index contributed by atoms with van der Waals surface area (Å²) in [5.74, 6) is -0.110. The van der Waals surface area contributed by atoms with Crippen LogP contribution in [-0.4, -0.2) is 37.2 Å². The molecule has 0 saturated carbocycles. The highest BCUT2D eigenvalue weighted by atomic mass is 32.1. The van der Waals surface area contributed by atoms with Crippen LogP contribution in [0.15, 0.2) is 41.8 Å². The van der Waals surface area contributed by atoms with Crippen LogP contribution in [0.2, 0.25) is 0 Å². The van der Waals surface area contributed by atoms with Gasteiger partial charge in [-0.25, -0.2) is 4.98 Å². The van der Waals surface area contributed by atoms with E-state index in [9.17, 15) is 4.79 Å². The average molecular weight is 386 g/mol. The highest BCUT2D eigenvalue weighted by Crippen LogP contribution is 2.39. The fraction of sp³-hybridized carbons (Fsp3) is 0.263. The summed E-state index contributed by atoms with van der Waals surface area (Å²) < 4.78 is 5.48. The van der Waals surface area contributed by atoms with Crippen LogP contribution in [0, 0.1) is 6.92 Å². The Labute approximate surface area is 160 Å². The first kappa shape index (κ1) is 17.2. The number of ether oxygens (including phenoxy) is 1. The number of morpholine rings is 1. The molecule has 2 aromatic heterocycles. The number of rotatable bonds is 4. The average Bonchev–Trinajstić information content (AvgIpc) is 3.30. The summed E-state index contributed by atoms with van der Waals surface area (Å²) in [5.41, 5.74) is 3.13. The van der Waals surface area contributed by atoms with Crippen LogP contribution in [0.5, 0.6) is 0 Å². The van der Waals surface area contributed by atoms with E-state index in [0.29, 0.717) is 23.2 Å². The van der Waals surface area contributed by atoms with Crippen molar-refractivity contribution in [1.82, 2.24) is 4.98 Å². The lowest BCUT2D eigenvalue weighted by Gasteiger charge is -2.28. The Balaban J connectivity index is 1.67. The molecule has 0 spiro atoms. The van der Waals surface area contributed by atoms with Crippen LogP contribution >= 0.6 is 22.7 Å². The van der Waals surface area contributed by atoms with Gasteiger partial charge in [0.25, 0.3) is 5.91 Å². The zero-order valence-corrected chi connectivity index (χ0v) is 16.0. The maximum atomic E-state index is 12.7. The minimum absolute atomic E-state index is 0.110. The van der Waals surface area contributed by atoms with Gasteiger partial charge in [-0.15, -0.1) is 22.7 Å². The van der Waals surface area contributed by atoms with Gasteiger partial charge in [-0.3, -0.25) is 10.1 Å². The maximum Gasteiger partial charge on any atom is 0.267 e. The lowest BCUT2D eigenvalue weighted by molar-refractivity contribution is 0.103. The zero-order chi connectivity index (χ0) is 17.9. The number of thiazole rings is 1. The van der Waals surface area contributed by atoms with Gasteiger partial charge in [0.2, 0.25) is 0 Å². The second-order valence-corrected chi connectivity index (χ2v) is 7.93. The molecule has 0 unspecified atom stereocenters. The monoisotopic (exact) mass is 385 g/mol. The van der Waals surface area contributed by atoms with Gasteiger partial charge in [0.15, 0.2) is 5.13 Å². The van der Waals surface area contributed by atoms with Gasteiger partial charge in [0.05, 0.1) is 28.8 Å². The van der Waals surface area contributed by atoms with Crippen LogP contribution in [0.1, 0.15) is 15.4 Å². The van der Waals surface area contributed by atoms with Gasteiger partial charge < -0.3 is 9.64 Å². The van der Waals surface area contributed by atoms with Gasteiger partial charge in [0, 0.05) is 24.0 Å². The summed E-state index contributed by atoms with van der Waals surface area (Å²) in [6.45, 7) is 5.03. The molecule has 1 amide bonds. The molecule has 0 atom stereocenters. The van der Waals surface area contributed by atoms with E-state index >= 15 is 0 Å². The molecule has 1 aliphatic rings. The Morgan fingerprint density at radius 1 is 1.23 bits per heavy atom. The van der Waals surface area contributed by atoms with E-state index in [4.69, 9.17) is 4.74 Å². The van der Waals surface area contributed by atoms with E-state index in [2.05, 4.69) is 27.3 Å². The van der Waals surface area contributed by atoms with E-state index in [1.165, 1.54) is 22.7 Å². The Morgan fingerprint density at radius 2 is 2.00 bits per heavy atom. The van der Waals surface area contributed by atoms with Crippen molar-refractivity contribution in [2.24, 2.45) is 0 Å². The molecule has 0 aliphatic carbocycles. The molecule has 1 aromatic carbocycles. The lowest BCUT2D eigenvalue weighted by Crippen LogP contribution is -2.35. The number of amides is 1. The van der Waals surface area contributed by atoms with E-state index in [1.807, 2.05) is 36.6 Å². The number of anilines is 2. The number of aryl methyl sites for hydroxylation is 1. The van der Waals surface area contributed by atoms with E-state index in [-0.39, 0.29) is 5.91 Å². The Bertz CT molecular complexity index is 899. The predicted molar refractivity (Wildman–Crippen MR) is 108 cm³/mol. The number of aromatic nitrogens is 1. The van der Waals surface area contributed by atoms with Crippen LogP contribution in [0.25, 0.3) is 11.1 Å². The van der Waals surface area contributed by atoms with Gasteiger partial charge in [-0.2, -0.15) is 0 Å². The van der Waals surface area contributed by atoms with Crippen molar-refractivity contribution in [3.63, 3.8) is 0 Å². The van der Waals surface area contributed by atoms with Gasteiger partial charge in [-0.1, -0.05) is 30.3 Å². The van der Waals surface area contributed by atoms with Crippen molar-refractivity contribution in [2.75, 3.05) is 36.5 Å². The van der Waals surface area contributed by atoms with Crippen LogP contribution in [-0.2, 0) is 4.74 Å².